The van der Waals surface area contributed by atoms with Gasteiger partial charge >= 0.3 is 0 Å². The first kappa shape index (κ1) is 16.1. The van der Waals surface area contributed by atoms with E-state index < -0.39 is 0 Å². The SMILES string of the molecule is Cc1nnc(CNC(=O)c2ccnc(-c3ccc(Cl)cc3)n2)n1C. The Bertz CT molecular complexity index is 875. The zero-order chi connectivity index (χ0) is 17.1. The summed E-state index contributed by atoms with van der Waals surface area (Å²) in [6.07, 6.45) is 1.55. The minimum atomic E-state index is -0.298. The van der Waals surface area contributed by atoms with Gasteiger partial charge in [0.05, 0.1) is 6.54 Å². The predicted octanol–water partition coefficient (Wildman–Crippen LogP) is 2.16. The molecule has 8 heteroatoms. The molecular weight excluding hydrogens is 328 g/mol. The summed E-state index contributed by atoms with van der Waals surface area (Å²) < 4.78 is 1.82. The first-order valence-electron chi connectivity index (χ1n) is 7.26. The maximum atomic E-state index is 12.3. The van der Waals surface area contributed by atoms with Gasteiger partial charge in [-0.05, 0) is 37.3 Å². The van der Waals surface area contributed by atoms with Crippen molar-refractivity contribution < 1.29 is 4.79 Å². The number of aryl methyl sites for hydroxylation is 1. The van der Waals surface area contributed by atoms with Gasteiger partial charge in [-0.1, -0.05) is 11.6 Å². The molecule has 0 saturated carbocycles. The summed E-state index contributed by atoms with van der Waals surface area (Å²) in [6.45, 7) is 2.12. The average Bonchev–Trinajstić information content (AvgIpc) is 2.92. The molecule has 3 rings (SSSR count). The Morgan fingerprint density at radius 1 is 1.21 bits per heavy atom. The second-order valence-electron chi connectivity index (χ2n) is 5.18. The van der Waals surface area contributed by atoms with Gasteiger partial charge in [-0.25, -0.2) is 9.97 Å². The zero-order valence-corrected chi connectivity index (χ0v) is 13.9. The Labute approximate surface area is 143 Å². The highest BCUT2D eigenvalue weighted by Gasteiger charge is 2.12. The molecule has 0 saturated heterocycles. The summed E-state index contributed by atoms with van der Waals surface area (Å²) in [4.78, 5) is 20.8. The Hall–Kier alpha value is -2.80. The number of carbonyl (C=O) groups excluding carboxylic acids is 1. The van der Waals surface area contributed by atoms with Crippen molar-refractivity contribution in [3.63, 3.8) is 0 Å². The van der Waals surface area contributed by atoms with Crippen molar-refractivity contribution in [3.05, 3.63) is 58.9 Å². The highest BCUT2D eigenvalue weighted by atomic mass is 35.5. The van der Waals surface area contributed by atoms with Gasteiger partial charge < -0.3 is 9.88 Å². The van der Waals surface area contributed by atoms with E-state index >= 15 is 0 Å². The third kappa shape index (κ3) is 3.41. The van der Waals surface area contributed by atoms with Gasteiger partial charge in [-0.15, -0.1) is 10.2 Å². The molecule has 0 radical (unpaired) electrons. The van der Waals surface area contributed by atoms with Gasteiger partial charge in [0.2, 0.25) is 0 Å². The van der Waals surface area contributed by atoms with Crippen LogP contribution in [-0.4, -0.2) is 30.6 Å². The molecule has 0 bridgehead atoms. The fourth-order valence-electron chi connectivity index (χ4n) is 2.08. The lowest BCUT2D eigenvalue weighted by molar-refractivity contribution is 0.0944. The maximum Gasteiger partial charge on any atom is 0.270 e. The molecule has 122 valence electrons. The van der Waals surface area contributed by atoms with Crippen LogP contribution in [0.15, 0.2) is 36.5 Å². The number of nitrogens with zero attached hydrogens (tertiary/aromatic N) is 5. The van der Waals surface area contributed by atoms with Crippen LogP contribution in [0, 0.1) is 6.92 Å². The van der Waals surface area contributed by atoms with E-state index in [1.165, 1.54) is 0 Å². The van der Waals surface area contributed by atoms with E-state index in [2.05, 4.69) is 25.5 Å². The van der Waals surface area contributed by atoms with Crippen molar-refractivity contribution in [3.8, 4) is 11.4 Å². The minimum absolute atomic E-state index is 0.274. The summed E-state index contributed by atoms with van der Waals surface area (Å²) in [7, 11) is 1.85. The molecule has 1 amide bonds. The van der Waals surface area contributed by atoms with Crippen LogP contribution in [0.1, 0.15) is 22.1 Å². The fourth-order valence-corrected chi connectivity index (χ4v) is 2.20. The van der Waals surface area contributed by atoms with Gasteiger partial charge in [-0.3, -0.25) is 4.79 Å². The molecule has 0 fully saturated rings. The summed E-state index contributed by atoms with van der Waals surface area (Å²) in [6, 6.07) is 8.69. The van der Waals surface area contributed by atoms with Crippen LogP contribution in [-0.2, 0) is 13.6 Å². The standard InChI is InChI=1S/C16H15ClN6O/c1-10-21-22-14(23(10)2)9-19-16(24)13-7-8-18-15(20-13)11-3-5-12(17)6-4-11/h3-8H,9H2,1-2H3,(H,19,24). The number of hydrogen-bond acceptors (Lipinski definition) is 5. The van der Waals surface area contributed by atoms with Crippen LogP contribution < -0.4 is 5.32 Å². The van der Waals surface area contributed by atoms with Crippen LogP contribution in [0.5, 0.6) is 0 Å². The van der Waals surface area contributed by atoms with Crippen molar-refractivity contribution in [1.29, 1.82) is 0 Å². The molecule has 7 nitrogen and oxygen atoms in total. The summed E-state index contributed by atoms with van der Waals surface area (Å²) in [5.41, 5.74) is 1.08. The summed E-state index contributed by atoms with van der Waals surface area (Å²) >= 11 is 5.88. The minimum Gasteiger partial charge on any atom is -0.343 e. The molecule has 24 heavy (non-hydrogen) atoms. The van der Waals surface area contributed by atoms with E-state index in [1.807, 2.05) is 30.7 Å². The van der Waals surface area contributed by atoms with E-state index in [-0.39, 0.29) is 18.1 Å². The van der Waals surface area contributed by atoms with Crippen molar-refractivity contribution in [1.82, 2.24) is 30.0 Å². The smallest absolute Gasteiger partial charge is 0.270 e. The monoisotopic (exact) mass is 342 g/mol. The van der Waals surface area contributed by atoms with Crippen molar-refractivity contribution in [2.24, 2.45) is 7.05 Å². The fraction of sp³-hybridized carbons (Fsp3) is 0.188. The molecule has 1 aromatic carbocycles. The number of carbonyl (C=O) groups is 1. The first-order chi connectivity index (χ1) is 11.5. The Morgan fingerprint density at radius 2 is 1.96 bits per heavy atom. The van der Waals surface area contributed by atoms with Crippen molar-refractivity contribution in [2.45, 2.75) is 13.5 Å². The number of rotatable bonds is 4. The molecule has 0 spiro atoms. The number of benzene rings is 1. The average molecular weight is 343 g/mol. The summed E-state index contributed by atoms with van der Waals surface area (Å²) in [5, 5.41) is 11.4. The molecule has 1 N–H and O–H groups in total. The van der Waals surface area contributed by atoms with Gasteiger partial charge in [0.15, 0.2) is 11.6 Å². The van der Waals surface area contributed by atoms with Crippen molar-refractivity contribution >= 4 is 17.5 Å². The topological polar surface area (TPSA) is 85.6 Å². The molecule has 0 aliphatic heterocycles. The molecule has 2 heterocycles. The number of halogens is 1. The van der Waals surface area contributed by atoms with Crippen LogP contribution in [0.2, 0.25) is 5.02 Å². The molecule has 2 aromatic heterocycles. The number of hydrogen-bond donors (Lipinski definition) is 1. The molecule has 0 atom stereocenters. The zero-order valence-electron chi connectivity index (χ0n) is 13.2. The van der Waals surface area contributed by atoms with E-state index in [9.17, 15) is 4.79 Å². The molecular formula is C16H15ClN6O. The Morgan fingerprint density at radius 3 is 2.62 bits per heavy atom. The number of amides is 1. The van der Waals surface area contributed by atoms with Gasteiger partial charge in [0.1, 0.15) is 11.5 Å². The lowest BCUT2D eigenvalue weighted by atomic mass is 10.2. The van der Waals surface area contributed by atoms with Crippen LogP contribution >= 0.6 is 11.6 Å². The second-order valence-corrected chi connectivity index (χ2v) is 5.61. The normalized spacial score (nSPS) is 10.6. The van der Waals surface area contributed by atoms with E-state index in [1.54, 1.807) is 24.4 Å². The lowest BCUT2D eigenvalue weighted by Gasteiger charge is -2.06. The highest BCUT2D eigenvalue weighted by Crippen LogP contribution is 2.17. The third-order valence-electron chi connectivity index (χ3n) is 3.58. The van der Waals surface area contributed by atoms with Gasteiger partial charge in [0.25, 0.3) is 5.91 Å². The van der Waals surface area contributed by atoms with Crippen LogP contribution in [0.25, 0.3) is 11.4 Å². The van der Waals surface area contributed by atoms with E-state index in [0.29, 0.717) is 16.7 Å². The molecule has 0 aliphatic carbocycles. The second kappa shape index (κ2) is 6.76. The van der Waals surface area contributed by atoms with Gasteiger partial charge in [-0.2, -0.15) is 0 Å². The van der Waals surface area contributed by atoms with E-state index in [4.69, 9.17) is 11.6 Å². The third-order valence-corrected chi connectivity index (χ3v) is 3.83. The molecule has 3 aromatic rings. The van der Waals surface area contributed by atoms with Gasteiger partial charge in [0, 0.05) is 23.8 Å². The Kier molecular flexibility index (Phi) is 4.52. The van der Waals surface area contributed by atoms with E-state index in [0.717, 1.165) is 11.4 Å². The lowest BCUT2D eigenvalue weighted by Crippen LogP contribution is -2.25. The highest BCUT2D eigenvalue weighted by molar-refractivity contribution is 6.30. The number of nitrogens with one attached hydrogen (secondary N) is 1. The number of aromatic nitrogens is 5. The van der Waals surface area contributed by atoms with Crippen LogP contribution in [0.4, 0.5) is 0 Å². The summed E-state index contributed by atoms with van der Waals surface area (Å²) in [5.74, 6) is 1.63. The van der Waals surface area contributed by atoms with Crippen LogP contribution in [0.3, 0.4) is 0 Å². The quantitative estimate of drug-likeness (QED) is 0.785. The Balaban J connectivity index is 1.74. The van der Waals surface area contributed by atoms with Crippen molar-refractivity contribution in [2.75, 3.05) is 0 Å². The predicted molar refractivity (Wildman–Crippen MR) is 89.4 cm³/mol. The molecule has 0 aliphatic rings. The molecule has 0 unspecified atom stereocenters. The largest absolute Gasteiger partial charge is 0.343 e. The first-order valence-corrected chi connectivity index (χ1v) is 7.64. The maximum absolute atomic E-state index is 12.3.